The van der Waals surface area contributed by atoms with Crippen molar-refractivity contribution in [1.29, 1.82) is 0 Å². The molecule has 2 aliphatic carbocycles. The van der Waals surface area contributed by atoms with Crippen LogP contribution in [0.5, 0.6) is 0 Å². The minimum absolute atomic E-state index is 0.00670. The molecule has 0 amide bonds. The predicted molar refractivity (Wildman–Crippen MR) is 78.0 cm³/mol. The van der Waals surface area contributed by atoms with Crippen molar-refractivity contribution in [3.63, 3.8) is 0 Å². The van der Waals surface area contributed by atoms with Crippen LogP contribution in [0.3, 0.4) is 0 Å². The third kappa shape index (κ3) is 3.13. The number of aldehydes is 1. The van der Waals surface area contributed by atoms with Crippen molar-refractivity contribution in [3.8, 4) is 0 Å². The predicted octanol–water partition coefficient (Wildman–Crippen LogP) is 3.38. The average Bonchev–Trinajstić information content (AvgIpc) is 2.45. The van der Waals surface area contributed by atoms with Crippen LogP contribution in [-0.4, -0.2) is 18.4 Å². The van der Waals surface area contributed by atoms with E-state index in [-0.39, 0.29) is 29.8 Å². The lowest BCUT2D eigenvalue weighted by Crippen LogP contribution is -2.44. The van der Waals surface area contributed by atoms with E-state index in [0.717, 1.165) is 32.0 Å². The molecule has 0 spiro atoms. The first-order valence-electron chi connectivity index (χ1n) is 7.89. The van der Waals surface area contributed by atoms with Gasteiger partial charge in [0.2, 0.25) is 0 Å². The Morgan fingerprint density at radius 3 is 2.85 bits per heavy atom. The van der Waals surface area contributed by atoms with Crippen LogP contribution in [0.2, 0.25) is 0 Å². The monoisotopic (exact) mass is 278 g/mol. The fourth-order valence-corrected chi connectivity index (χ4v) is 3.62. The van der Waals surface area contributed by atoms with Gasteiger partial charge in [0.15, 0.2) is 0 Å². The van der Waals surface area contributed by atoms with Gasteiger partial charge in [0, 0.05) is 11.8 Å². The Balaban J connectivity index is 2.14. The van der Waals surface area contributed by atoms with Gasteiger partial charge in [-0.3, -0.25) is 4.79 Å². The molecule has 0 bridgehead atoms. The number of hydrogen-bond acceptors (Lipinski definition) is 3. The standard InChI is InChI=1S/C17H26O3/c1-4-12(3)17(19)20-15-9-11(2)8-13-6-5-7-14(10-18)16(13)15/h5-6,10-16H,4,7-9H2,1-3H3/t11-,12-,13-,14+,15-,16-/m0/s1. The zero-order valence-electron chi connectivity index (χ0n) is 12.7. The van der Waals surface area contributed by atoms with E-state index >= 15 is 0 Å². The van der Waals surface area contributed by atoms with Crippen LogP contribution in [0.1, 0.15) is 46.5 Å². The molecule has 0 aromatic carbocycles. The van der Waals surface area contributed by atoms with E-state index < -0.39 is 0 Å². The van der Waals surface area contributed by atoms with Gasteiger partial charge in [0.05, 0.1) is 5.92 Å². The molecule has 0 heterocycles. The van der Waals surface area contributed by atoms with E-state index in [1.54, 1.807) is 0 Å². The molecule has 0 radical (unpaired) electrons. The molecule has 2 rings (SSSR count). The quantitative estimate of drug-likeness (QED) is 0.450. The van der Waals surface area contributed by atoms with Crippen LogP contribution in [-0.2, 0) is 14.3 Å². The highest BCUT2D eigenvalue weighted by Crippen LogP contribution is 2.43. The molecule has 3 heteroatoms. The highest BCUT2D eigenvalue weighted by atomic mass is 16.5. The molecule has 0 aromatic rings. The number of hydrogen-bond donors (Lipinski definition) is 0. The van der Waals surface area contributed by atoms with Gasteiger partial charge in [-0.15, -0.1) is 0 Å². The van der Waals surface area contributed by atoms with Crippen molar-refractivity contribution >= 4 is 12.3 Å². The van der Waals surface area contributed by atoms with E-state index in [2.05, 4.69) is 19.1 Å². The van der Waals surface area contributed by atoms with Gasteiger partial charge < -0.3 is 9.53 Å². The summed E-state index contributed by atoms with van der Waals surface area (Å²) in [4.78, 5) is 23.4. The number of rotatable bonds is 4. The van der Waals surface area contributed by atoms with E-state index in [1.165, 1.54) is 0 Å². The average molecular weight is 278 g/mol. The van der Waals surface area contributed by atoms with Gasteiger partial charge >= 0.3 is 5.97 Å². The van der Waals surface area contributed by atoms with Crippen molar-refractivity contribution in [2.45, 2.75) is 52.6 Å². The van der Waals surface area contributed by atoms with Crippen LogP contribution in [0, 0.1) is 29.6 Å². The molecule has 6 atom stereocenters. The largest absolute Gasteiger partial charge is 0.462 e. The first-order valence-corrected chi connectivity index (χ1v) is 7.89. The topological polar surface area (TPSA) is 43.4 Å². The summed E-state index contributed by atoms with van der Waals surface area (Å²) in [5.74, 6) is 0.955. The Morgan fingerprint density at radius 2 is 2.20 bits per heavy atom. The molecular formula is C17H26O3. The Kier molecular flexibility index (Phi) is 5.00. The molecule has 112 valence electrons. The lowest BCUT2D eigenvalue weighted by molar-refractivity contribution is -0.163. The molecule has 20 heavy (non-hydrogen) atoms. The van der Waals surface area contributed by atoms with Crippen molar-refractivity contribution in [3.05, 3.63) is 12.2 Å². The van der Waals surface area contributed by atoms with Gasteiger partial charge in [0.25, 0.3) is 0 Å². The maximum absolute atomic E-state index is 12.1. The summed E-state index contributed by atoms with van der Waals surface area (Å²) in [6.45, 7) is 6.11. The number of ether oxygens (including phenoxy) is 1. The second-order valence-electron chi connectivity index (χ2n) is 6.57. The fraction of sp³-hybridized carbons (Fsp3) is 0.765. The van der Waals surface area contributed by atoms with E-state index in [9.17, 15) is 9.59 Å². The molecule has 1 saturated carbocycles. The number of carbonyl (C=O) groups excluding carboxylic acids is 2. The molecular weight excluding hydrogens is 252 g/mol. The summed E-state index contributed by atoms with van der Waals surface area (Å²) in [5.41, 5.74) is 0. The smallest absolute Gasteiger partial charge is 0.308 e. The lowest BCUT2D eigenvalue weighted by atomic mass is 9.65. The Hall–Kier alpha value is -1.12. The molecule has 0 N–H and O–H groups in total. The minimum atomic E-state index is -0.107. The zero-order chi connectivity index (χ0) is 14.7. The number of esters is 1. The van der Waals surface area contributed by atoms with Crippen molar-refractivity contribution < 1.29 is 14.3 Å². The maximum atomic E-state index is 12.1. The van der Waals surface area contributed by atoms with Gasteiger partial charge in [-0.2, -0.15) is 0 Å². The molecule has 1 fully saturated rings. The van der Waals surface area contributed by atoms with E-state index in [1.807, 2.05) is 13.8 Å². The Morgan fingerprint density at radius 1 is 1.45 bits per heavy atom. The molecule has 0 aliphatic heterocycles. The third-order valence-electron chi connectivity index (χ3n) is 4.98. The number of allylic oxidation sites excluding steroid dienone is 2. The van der Waals surface area contributed by atoms with Crippen LogP contribution in [0.4, 0.5) is 0 Å². The number of fused-ring (bicyclic) bond motifs is 1. The summed E-state index contributed by atoms with van der Waals surface area (Å²) in [6, 6.07) is 0. The van der Waals surface area contributed by atoms with Gasteiger partial charge in [0.1, 0.15) is 12.4 Å². The van der Waals surface area contributed by atoms with Gasteiger partial charge in [-0.25, -0.2) is 0 Å². The van der Waals surface area contributed by atoms with Crippen LogP contribution in [0.15, 0.2) is 12.2 Å². The Bertz CT molecular complexity index is 388. The van der Waals surface area contributed by atoms with Gasteiger partial charge in [-0.1, -0.05) is 32.9 Å². The SMILES string of the molecule is CC[C@H](C)C(=O)O[C@H]1C[C@@H](C)C[C@@H]2C=CC[C@H](C=O)[C@@H]12. The molecule has 2 aliphatic rings. The molecule has 0 saturated heterocycles. The normalized spacial score (nSPS) is 37.9. The van der Waals surface area contributed by atoms with Crippen LogP contribution < -0.4 is 0 Å². The molecule has 0 aromatic heterocycles. The highest BCUT2D eigenvalue weighted by Gasteiger charge is 2.43. The highest BCUT2D eigenvalue weighted by molar-refractivity contribution is 5.72. The maximum Gasteiger partial charge on any atom is 0.308 e. The Labute approximate surface area is 121 Å². The first-order chi connectivity index (χ1) is 9.56. The summed E-state index contributed by atoms with van der Waals surface area (Å²) in [6.07, 6.45) is 8.88. The van der Waals surface area contributed by atoms with Crippen molar-refractivity contribution in [2.75, 3.05) is 0 Å². The summed E-state index contributed by atoms with van der Waals surface area (Å²) in [7, 11) is 0. The second kappa shape index (κ2) is 6.55. The summed E-state index contributed by atoms with van der Waals surface area (Å²) in [5, 5.41) is 0. The van der Waals surface area contributed by atoms with Crippen LogP contribution in [0.25, 0.3) is 0 Å². The fourth-order valence-electron chi connectivity index (χ4n) is 3.62. The van der Waals surface area contributed by atoms with E-state index in [0.29, 0.717) is 11.8 Å². The molecule has 0 unspecified atom stereocenters. The summed E-state index contributed by atoms with van der Waals surface area (Å²) < 4.78 is 5.78. The van der Waals surface area contributed by atoms with Gasteiger partial charge in [-0.05, 0) is 37.5 Å². The first kappa shape index (κ1) is 15.3. The van der Waals surface area contributed by atoms with Crippen molar-refractivity contribution in [1.82, 2.24) is 0 Å². The second-order valence-corrected chi connectivity index (χ2v) is 6.57. The van der Waals surface area contributed by atoms with Crippen LogP contribution >= 0.6 is 0 Å². The number of carbonyl (C=O) groups is 2. The van der Waals surface area contributed by atoms with E-state index in [4.69, 9.17) is 4.74 Å². The van der Waals surface area contributed by atoms with Crippen molar-refractivity contribution in [2.24, 2.45) is 29.6 Å². The molecule has 3 nitrogen and oxygen atoms in total. The minimum Gasteiger partial charge on any atom is -0.462 e. The summed E-state index contributed by atoms with van der Waals surface area (Å²) >= 11 is 0. The zero-order valence-corrected chi connectivity index (χ0v) is 12.7. The third-order valence-corrected chi connectivity index (χ3v) is 4.98. The lowest BCUT2D eigenvalue weighted by Gasteiger charge is -2.43.